The van der Waals surface area contributed by atoms with Gasteiger partial charge in [-0.05, 0) is 74.1 Å². The summed E-state index contributed by atoms with van der Waals surface area (Å²) in [6.45, 7) is 2.22. The smallest absolute Gasteiger partial charge is 0.442 e. The molecule has 0 aliphatic carbocycles. The van der Waals surface area contributed by atoms with Crippen molar-refractivity contribution < 1.29 is 83.5 Å². The Morgan fingerprint density at radius 1 is 0.571 bits per heavy atom. The number of hydrogen-bond acceptors (Lipinski definition) is 7. The van der Waals surface area contributed by atoms with Crippen LogP contribution in [0, 0.1) is 60.4 Å². The molecule has 0 aliphatic heterocycles. The molecule has 0 aliphatic rings. The fourth-order valence-electron chi connectivity index (χ4n) is 4.77. The molecule has 0 heterocycles. The molecule has 5 aromatic rings. The van der Waals surface area contributed by atoms with Gasteiger partial charge in [0, 0.05) is 11.6 Å². The van der Waals surface area contributed by atoms with Crippen molar-refractivity contribution in [3.63, 3.8) is 0 Å². The summed E-state index contributed by atoms with van der Waals surface area (Å²) < 4.78 is 243. The first-order chi connectivity index (χ1) is 25.8. The molecule has 0 saturated carbocycles. The van der Waals surface area contributed by atoms with Crippen LogP contribution in [0.4, 0.5) is 52.7 Å². The average molecular weight is 863 g/mol. The third-order valence-electron chi connectivity index (χ3n) is 7.66. The highest BCUT2D eigenvalue weighted by Gasteiger charge is 2.66. The van der Waals surface area contributed by atoms with Crippen LogP contribution in [-0.4, -0.2) is 31.9 Å². The second kappa shape index (κ2) is 14.9. The van der Waals surface area contributed by atoms with Crippen molar-refractivity contribution in [1.82, 2.24) is 0 Å². The highest BCUT2D eigenvalue weighted by Crippen LogP contribution is 2.52. The summed E-state index contributed by atoms with van der Waals surface area (Å²) in [5, 5.41) is -11.4. The maximum Gasteiger partial charge on any atom is 0.442 e. The number of rotatable bonds is 11. The van der Waals surface area contributed by atoms with Crippen LogP contribution in [0.5, 0.6) is 23.0 Å². The number of thioether (sulfide) groups is 1. The SMILES string of the molecule is Cc1ccc(Oc2cc(Oc3ccc(S(=O)(=O)c4c(F)c(F)c(-c5c(F)c(F)c(C)c(F)c5F)c(F)c4F)cc3)ccc2SC(F)(F)C(F)(F)S(=O)(=O)O)cc1. The van der Waals surface area contributed by atoms with Gasteiger partial charge in [-0.3, -0.25) is 4.55 Å². The molecule has 0 aromatic heterocycles. The van der Waals surface area contributed by atoms with Gasteiger partial charge >= 0.3 is 20.6 Å². The van der Waals surface area contributed by atoms with Crippen molar-refractivity contribution in [2.24, 2.45) is 0 Å². The predicted octanol–water partition coefficient (Wildman–Crippen LogP) is 10.7. The summed E-state index contributed by atoms with van der Waals surface area (Å²) in [4.78, 5) is -4.18. The first-order valence-corrected chi connectivity index (χ1v) is 18.6. The van der Waals surface area contributed by atoms with E-state index in [0.29, 0.717) is 24.6 Å². The van der Waals surface area contributed by atoms with E-state index in [2.05, 4.69) is 0 Å². The van der Waals surface area contributed by atoms with Crippen LogP contribution in [0.1, 0.15) is 11.1 Å². The van der Waals surface area contributed by atoms with Crippen molar-refractivity contribution >= 4 is 31.7 Å². The second-order valence-electron chi connectivity index (χ2n) is 11.4. The molecule has 0 unspecified atom stereocenters. The number of halogens is 12. The molecule has 0 bridgehead atoms. The fraction of sp³-hybridized carbons (Fsp3) is 0.118. The maximum atomic E-state index is 15.2. The molecular formula is C34H18F12O7S3. The van der Waals surface area contributed by atoms with E-state index in [0.717, 1.165) is 30.3 Å². The first kappa shape index (κ1) is 42.2. The van der Waals surface area contributed by atoms with Gasteiger partial charge in [-0.1, -0.05) is 17.7 Å². The minimum absolute atomic E-state index is 0.0390. The van der Waals surface area contributed by atoms with E-state index in [1.807, 2.05) is 0 Å². The van der Waals surface area contributed by atoms with Crippen LogP contribution >= 0.6 is 11.8 Å². The zero-order chi connectivity index (χ0) is 41.9. The summed E-state index contributed by atoms with van der Waals surface area (Å²) in [5.41, 5.74) is -5.06. The van der Waals surface area contributed by atoms with Crippen molar-refractivity contribution in [3.05, 3.63) is 124 Å². The quantitative estimate of drug-likeness (QED) is 0.0606. The van der Waals surface area contributed by atoms with E-state index in [-0.39, 0.29) is 17.2 Å². The van der Waals surface area contributed by atoms with E-state index in [4.69, 9.17) is 14.0 Å². The van der Waals surface area contributed by atoms with Gasteiger partial charge in [0.25, 0.3) is 0 Å². The molecule has 0 fully saturated rings. The zero-order valence-corrected chi connectivity index (χ0v) is 30.0. The molecule has 5 rings (SSSR count). The van der Waals surface area contributed by atoms with Gasteiger partial charge in [0.15, 0.2) is 46.5 Å². The van der Waals surface area contributed by atoms with Crippen LogP contribution in [-0.2, 0) is 20.0 Å². The number of ether oxygens (including phenoxy) is 2. The molecule has 0 amide bonds. The molecule has 1 N–H and O–H groups in total. The third-order valence-corrected chi connectivity index (χ3v) is 11.6. The summed E-state index contributed by atoms with van der Waals surface area (Å²) in [6, 6.07) is 11.0. The zero-order valence-electron chi connectivity index (χ0n) is 27.5. The van der Waals surface area contributed by atoms with Crippen LogP contribution in [0.25, 0.3) is 11.1 Å². The van der Waals surface area contributed by atoms with Crippen molar-refractivity contribution in [2.45, 2.75) is 39.0 Å². The van der Waals surface area contributed by atoms with E-state index >= 15 is 17.6 Å². The lowest BCUT2D eigenvalue weighted by atomic mass is 9.99. The Balaban J connectivity index is 1.50. The molecule has 5 aromatic carbocycles. The summed E-state index contributed by atoms with van der Waals surface area (Å²) >= 11 is -1.00. The van der Waals surface area contributed by atoms with Gasteiger partial charge < -0.3 is 9.47 Å². The number of sulfone groups is 1. The molecular weight excluding hydrogens is 845 g/mol. The molecule has 0 atom stereocenters. The Bertz CT molecular complexity index is 2550. The number of aryl methyl sites for hydroxylation is 1. The predicted molar refractivity (Wildman–Crippen MR) is 173 cm³/mol. The lowest BCUT2D eigenvalue weighted by Gasteiger charge is -2.24. The minimum Gasteiger partial charge on any atom is -0.457 e. The molecule has 7 nitrogen and oxygen atoms in total. The standard InChI is InChI=1S/C34H18F12O7S3/c1-14-3-5-17(6-4-14)53-20-13-18(9-12-21(20)54-33(43,44)34(45,46)56(49,50)51)52-16-7-10-19(11-8-16)55(47,48)32-30(41)28(39)23(29(40)31(32)42)22-26(37)24(35)15(2)25(36)27(22)38/h3-13H,1-2H3,(H,49,50,51). The largest absolute Gasteiger partial charge is 0.457 e. The Kier molecular flexibility index (Phi) is 11.2. The summed E-state index contributed by atoms with van der Waals surface area (Å²) in [6.07, 6.45) is 0. The normalized spacial score (nSPS) is 12.6. The summed E-state index contributed by atoms with van der Waals surface area (Å²) in [5.74, 6) is -21.5. The highest BCUT2D eigenvalue weighted by molar-refractivity contribution is 8.01. The number of benzene rings is 5. The highest BCUT2D eigenvalue weighted by atomic mass is 32.2. The van der Waals surface area contributed by atoms with Gasteiger partial charge in [0.05, 0.1) is 20.9 Å². The Labute approximate surface area is 312 Å². The van der Waals surface area contributed by atoms with Crippen LogP contribution < -0.4 is 9.47 Å². The van der Waals surface area contributed by atoms with E-state index < -0.39 is 126 Å². The van der Waals surface area contributed by atoms with Crippen molar-refractivity contribution in [3.8, 4) is 34.1 Å². The lowest BCUT2D eigenvalue weighted by molar-refractivity contribution is -0.0946. The monoisotopic (exact) mass is 862 g/mol. The number of alkyl halides is 4. The molecule has 298 valence electrons. The Morgan fingerprint density at radius 3 is 1.48 bits per heavy atom. The maximum absolute atomic E-state index is 15.2. The van der Waals surface area contributed by atoms with E-state index in [1.165, 1.54) is 24.3 Å². The third kappa shape index (κ3) is 7.49. The van der Waals surface area contributed by atoms with E-state index in [1.54, 1.807) is 6.92 Å². The molecule has 22 heteroatoms. The Hall–Kier alpha value is -4.93. The summed E-state index contributed by atoms with van der Waals surface area (Å²) in [7, 11) is -12.2. The van der Waals surface area contributed by atoms with Gasteiger partial charge in [0.2, 0.25) is 9.84 Å². The topological polar surface area (TPSA) is 107 Å². The second-order valence-corrected chi connectivity index (χ2v) is 15.9. The van der Waals surface area contributed by atoms with Crippen LogP contribution in [0.2, 0.25) is 0 Å². The average Bonchev–Trinajstić information content (AvgIpc) is 3.12. The lowest BCUT2D eigenvalue weighted by Crippen LogP contribution is -2.44. The van der Waals surface area contributed by atoms with Gasteiger partial charge in [-0.2, -0.15) is 26.0 Å². The van der Waals surface area contributed by atoms with Crippen LogP contribution in [0.3, 0.4) is 0 Å². The van der Waals surface area contributed by atoms with Crippen molar-refractivity contribution in [1.29, 1.82) is 0 Å². The number of hydrogen-bond donors (Lipinski definition) is 1. The molecule has 56 heavy (non-hydrogen) atoms. The molecule has 0 spiro atoms. The molecule has 0 saturated heterocycles. The van der Waals surface area contributed by atoms with E-state index in [9.17, 15) is 52.0 Å². The molecule has 0 radical (unpaired) electrons. The van der Waals surface area contributed by atoms with Crippen molar-refractivity contribution in [2.75, 3.05) is 0 Å². The first-order valence-electron chi connectivity index (χ1n) is 14.8. The van der Waals surface area contributed by atoms with Gasteiger partial charge in [-0.25, -0.2) is 43.5 Å². The van der Waals surface area contributed by atoms with Gasteiger partial charge in [-0.15, -0.1) is 0 Å². The van der Waals surface area contributed by atoms with Crippen LogP contribution in [0.15, 0.2) is 81.4 Å². The minimum atomic E-state index is -6.61. The Morgan fingerprint density at radius 2 is 1.00 bits per heavy atom. The fourth-order valence-corrected chi connectivity index (χ4v) is 7.62. The van der Waals surface area contributed by atoms with Gasteiger partial charge in [0.1, 0.15) is 27.9 Å².